The third-order valence-electron chi connectivity index (χ3n) is 5.78. The number of hydrogen-bond donors (Lipinski definition) is 2. The molecular weight excluding hydrogens is 422 g/mol. The van der Waals surface area contributed by atoms with E-state index in [0.29, 0.717) is 22.0 Å². The van der Waals surface area contributed by atoms with Crippen LogP contribution in [-0.2, 0) is 19.4 Å². The highest BCUT2D eigenvalue weighted by Crippen LogP contribution is 2.33. The van der Waals surface area contributed by atoms with E-state index in [-0.39, 0.29) is 12.5 Å². The van der Waals surface area contributed by atoms with Crippen LogP contribution in [0.4, 0.5) is 11.4 Å². The first-order valence-electron chi connectivity index (χ1n) is 10.6. The summed E-state index contributed by atoms with van der Waals surface area (Å²) in [5, 5.41) is 4.52. The van der Waals surface area contributed by atoms with E-state index in [1.807, 2.05) is 36.4 Å². The second-order valence-electron chi connectivity index (χ2n) is 7.89. The molecule has 0 spiro atoms. The van der Waals surface area contributed by atoms with Crippen molar-refractivity contribution in [1.29, 1.82) is 0 Å². The maximum Gasteiger partial charge on any atom is 0.256 e. The van der Waals surface area contributed by atoms with Crippen LogP contribution in [-0.4, -0.2) is 10.9 Å². The van der Waals surface area contributed by atoms with Gasteiger partial charge in [-0.05, 0) is 73.4 Å². The Morgan fingerprint density at radius 2 is 1.88 bits per heavy atom. The third-order valence-corrected chi connectivity index (χ3v) is 6.04. The lowest BCUT2D eigenvalue weighted by molar-refractivity contribution is 0.102. The Morgan fingerprint density at radius 3 is 2.72 bits per heavy atom. The standard InChI is InChI=1S/C26H22ClN3O2/c27-17-8-11-19(12-9-17)32-15-16-4-1-2-5-20(16)26(31)29-18-10-13-24-22(14-18)25(28)21-6-3-7-23(21)30-24/h1-2,4-5,8-14H,3,6-7,15H2,(H2,28,30)(H,29,31). The molecule has 6 heteroatoms. The van der Waals surface area contributed by atoms with Crippen molar-refractivity contribution in [3.05, 3.63) is 94.1 Å². The molecule has 3 aromatic carbocycles. The highest BCUT2D eigenvalue weighted by atomic mass is 35.5. The van der Waals surface area contributed by atoms with Gasteiger partial charge in [-0.25, -0.2) is 0 Å². The Bertz CT molecular complexity index is 1320. The van der Waals surface area contributed by atoms with Gasteiger partial charge in [-0.1, -0.05) is 29.8 Å². The van der Waals surface area contributed by atoms with E-state index in [9.17, 15) is 4.79 Å². The minimum Gasteiger partial charge on any atom is -0.489 e. The number of amides is 1. The predicted molar refractivity (Wildman–Crippen MR) is 128 cm³/mol. The smallest absolute Gasteiger partial charge is 0.256 e. The van der Waals surface area contributed by atoms with Crippen molar-refractivity contribution >= 4 is 39.8 Å². The zero-order valence-corrected chi connectivity index (χ0v) is 18.2. The lowest BCUT2D eigenvalue weighted by Crippen LogP contribution is -2.15. The quantitative estimate of drug-likeness (QED) is 0.409. The molecule has 0 saturated carbocycles. The van der Waals surface area contributed by atoms with E-state index in [2.05, 4.69) is 5.32 Å². The number of aromatic nitrogens is 1. The van der Waals surface area contributed by atoms with Crippen LogP contribution in [0, 0.1) is 0 Å². The van der Waals surface area contributed by atoms with E-state index in [0.717, 1.165) is 52.7 Å². The number of carbonyl (C=O) groups is 1. The predicted octanol–water partition coefficient (Wildman–Crippen LogP) is 5.79. The van der Waals surface area contributed by atoms with E-state index < -0.39 is 0 Å². The van der Waals surface area contributed by atoms with Crippen molar-refractivity contribution in [2.75, 3.05) is 11.1 Å². The van der Waals surface area contributed by atoms with Crippen LogP contribution >= 0.6 is 11.6 Å². The number of nitrogens with two attached hydrogens (primary N) is 1. The van der Waals surface area contributed by atoms with Crippen LogP contribution in [0.5, 0.6) is 5.75 Å². The van der Waals surface area contributed by atoms with Crippen LogP contribution in [0.2, 0.25) is 5.02 Å². The van der Waals surface area contributed by atoms with Gasteiger partial charge in [-0.15, -0.1) is 0 Å². The average molecular weight is 444 g/mol. The topological polar surface area (TPSA) is 77.2 Å². The lowest BCUT2D eigenvalue weighted by atomic mass is 10.1. The van der Waals surface area contributed by atoms with Crippen molar-refractivity contribution in [3.8, 4) is 5.75 Å². The Morgan fingerprint density at radius 1 is 1.06 bits per heavy atom. The number of nitrogen functional groups attached to an aromatic ring is 1. The van der Waals surface area contributed by atoms with Crippen LogP contribution < -0.4 is 15.8 Å². The molecule has 1 aromatic heterocycles. The van der Waals surface area contributed by atoms with E-state index >= 15 is 0 Å². The summed E-state index contributed by atoms with van der Waals surface area (Å²) in [5.41, 5.74) is 12.3. The summed E-state index contributed by atoms with van der Waals surface area (Å²) in [6.45, 7) is 0.270. The number of hydrogen-bond acceptors (Lipinski definition) is 4. The number of carbonyl (C=O) groups excluding carboxylic acids is 1. The largest absolute Gasteiger partial charge is 0.489 e. The van der Waals surface area contributed by atoms with Gasteiger partial charge >= 0.3 is 0 Å². The zero-order chi connectivity index (χ0) is 22.1. The van der Waals surface area contributed by atoms with Gasteiger partial charge in [0.2, 0.25) is 0 Å². The number of nitrogens with zero attached hydrogens (tertiary/aromatic N) is 1. The van der Waals surface area contributed by atoms with Crippen molar-refractivity contribution < 1.29 is 9.53 Å². The molecule has 0 fully saturated rings. The van der Waals surface area contributed by atoms with Crippen LogP contribution in [0.3, 0.4) is 0 Å². The number of pyridine rings is 1. The summed E-state index contributed by atoms with van der Waals surface area (Å²) >= 11 is 5.93. The van der Waals surface area contributed by atoms with E-state index in [4.69, 9.17) is 27.1 Å². The first kappa shape index (κ1) is 20.3. The molecule has 0 aliphatic heterocycles. The summed E-state index contributed by atoms with van der Waals surface area (Å²) in [5.74, 6) is 0.488. The van der Waals surface area contributed by atoms with Crippen molar-refractivity contribution in [2.24, 2.45) is 0 Å². The Kier molecular flexibility index (Phi) is 5.41. The van der Waals surface area contributed by atoms with Gasteiger partial charge in [0.1, 0.15) is 12.4 Å². The Hall–Kier alpha value is -3.57. The first-order valence-corrected chi connectivity index (χ1v) is 10.9. The van der Waals surface area contributed by atoms with Gasteiger partial charge in [0.15, 0.2) is 0 Å². The Labute approximate surface area is 191 Å². The molecule has 32 heavy (non-hydrogen) atoms. The van der Waals surface area contributed by atoms with E-state index in [1.165, 1.54) is 0 Å². The molecule has 1 amide bonds. The normalized spacial score (nSPS) is 12.5. The van der Waals surface area contributed by atoms with Gasteiger partial charge < -0.3 is 15.8 Å². The monoisotopic (exact) mass is 443 g/mol. The van der Waals surface area contributed by atoms with Gasteiger partial charge in [-0.3, -0.25) is 9.78 Å². The minimum atomic E-state index is -0.202. The maximum atomic E-state index is 13.1. The summed E-state index contributed by atoms with van der Waals surface area (Å²) in [6, 6.07) is 20.2. The zero-order valence-electron chi connectivity index (χ0n) is 17.4. The molecule has 0 bridgehead atoms. The van der Waals surface area contributed by atoms with Gasteiger partial charge in [0.05, 0.1) is 5.52 Å². The van der Waals surface area contributed by atoms with Crippen LogP contribution in [0.15, 0.2) is 66.7 Å². The number of fused-ring (bicyclic) bond motifs is 2. The molecule has 0 saturated heterocycles. The molecule has 1 heterocycles. The molecule has 5 rings (SSSR count). The molecule has 0 radical (unpaired) electrons. The number of nitrogens with one attached hydrogen (secondary N) is 1. The van der Waals surface area contributed by atoms with E-state index in [1.54, 1.807) is 30.3 Å². The van der Waals surface area contributed by atoms with Crippen molar-refractivity contribution in [1.82, 2.24) is 4.98 Å². The summed E-state index contributed by atoms with van der Waals surface area (Å²) < 4.78 is 5.84. The fourth-order valence-corrected chi connectivity index (χ4v) is 4.26. The molecule has 5 nitrogen and oxygen atoms in total. The number of rotatable bonds is 5. The molecule has 0 unspecified atom stereocenters. The highest BCUT2D eigenvalue weighted by molar-refractivity contribution is 6.30. The highest BCUT2D eigenvalue weighted by Gasteiger charge is 2.18. The Balaban J connectivity index is 1.37. The summed E-state index contributed by atoms with van der Waals surface area (Å²) in [7, 11) is 0. The molecule has 1 aliphatic rings. The number of halogens is 1. The number of aryl methyl sites for hydroxylation is 1. The minimum absolute atomic E-state index is 0.202. The van der Waals surface area contributed by atoms with Crippen LogP contribution in [0.25, 0.3) is 10.9 Å². The second-order valence-corrected chi connectivity index (χ2v) is 8.33. The summed E-state index contributed by atoms with van der Waals surface area (Å²) in [4.78, 5) is 17.8. The number of ether oxygens (including phenoxy) is 1. The SMILES string of the molecule is Nc1c2c(nc3ccc(NC(=O)c4ccccc4COc4ccc(Cl)cc4)cc13)CCC2. The lowest BCUT2D eigenvalue weighted by Gasteiger charge is -2.13. The van der Waals surface area contributed by atoms with Gasteiger partial charge in [-0.2, -0.15) is 0 Å². The molecule has 160 valence electrons. The van der Waals surface area contributed by atoms with Gasteiger partial charge in [0.25, 0.3) is 5.91 Å². The molecule has 1 aliphatic carbocycles. The first-order chi connectivity index (χ1) is 15.6. The van der Waals surface area contributed by atoms with Gasteiger partial charge in [0, 0.05) is 38.6 Å². The molecule has 3 N–H and O–H groups in total. The second kappa shape index (κ2) is 8.52. The van der Waals surface area contributed by atoms with Crippen molar-refractivity contribution in [2.45, 2.75) is 25.9 Å². The van der Waals surface area contributed by atoms with Crippen molar-refractivity contribution in [3.63, 3.8) is 0 Å². The number of benzene rings is 3. The third kappa shape index (κ3) is 3.99. The number of anilines is 2. The average Bonchev–Trinajstić information content (AvgIpc) is 3.28. The molecule has 0 atom stereocenters. The fraction of sp³-hybridized carbons (Fsp3) is 0.154. The summed E-state index contributed by atoms with van der Waals surface area (Å²) in [6.07, 6.45) is 3.02. The van der Waals surface area contributed by atoms with Crippen LogP contribution in [0.1, 0.15) is 33.6 Å². The maximum absolute atomic E-state index is 13.1. The molecular formula is C26H22ClN3O2. The molecule has 4 aromatic rings. The fourth-order valence-electron chi connectivity index (χ4n) is 4.13.